The van der Waals surface area contributed by atoms with Gasteiger partial charge in [0.15, 0.2) is 0 Å². The van der Waals surface area contributed by atoms with Gasteiger partial charge in [0.05, 0.1) is 23.3 Å². The lowest BCUT2D eigenvalue weighted by atomic mass is 9.92. The Kier molecular flexibility index (Phi) is 6.74. The van der Waals surface area contributed by atoms with Gasteiger partial charge < -0.3 is 10.8 Å². The first-order valence-electron chi connectivity index (χ1n) is 6.07. The van der Waals surface area contributed by atoms with Gasteiger partial charge in [-0.05, 0) is 29.7 Å². The Bertz CT molecular complexity index is 468. The summed E-state index contributed by atoms with van der Waals surface area (Å²) < 4.78 is 76.1. The zero-order valence-corrected chi connectivity index (χ0v) is 12.5. The minimum atomic E-state index is -4.93. The number of halogens is 7. The van der Waals surface area contributed by atoms with Gasteiger partial charge in [0, 0.05) is 0 Å². The van der Waals surface area contributed by atoms with Crippen LogP contribution in [-0.2, 0) is 12.4 Å². The van der Waals surface area contributed by atoms with Crippen molar-refractivity contribution in [3.05, 3.63) is 34.9 Å². The molecule has 0 saturated carbocycles. The highest BCUT2D eigenvalue weighted by Crippen LogP contribution is 2.37. The minimum absolute atomic E-state index is 0. The molecule has 3 N–H and O–H groups in total. The van der Waals surface area contributed by atoms with Crippen LogP contribution in [-0.4, -0.2) is 11.2 Å². The van der Waals surface area contributed by atoms with Gasteiger partial charge >= 0.3 is 12.4 Å². The molecule has 0 fully saturated rings. The highest BCUT2D eigenvalue weighted by molar-refractivity contribution is 5.85. The van der Waals surface area contributed by atoms with Crippen LogP contribution >= 0.6 is 12.4 Å². The molecule has 1 aromatic rings. The SMILES string of the molecule is CC(C)[C@@H](O)[C@@H](N)c1cc(C(F)(F)F)cc(C(F)(F)F)c1.Cl. The molecule has 22 heavy (non-hydrogen) atoms. The van der Waals surface area contributed by atoms with Crippen molar-refractivity contribution in [2.24, 2.45) is 11.7 Å². The van der Waals surface area contributed by atoms with E-state index in [4.69, 9.17) is 5.73 Å². The summed E-state index contributed by atoms with van der Waals surface area (Å²) in [5, 5.41) is 9.75. The molecule has 0 aliphatic carbocycles. The molecule has 1 aromatic carbocycles. The summed E-state index contributed by atoms with van der Waals surface area (Å²) in [4.78, 5) is 0. The topological polar surface area (TPSA) is 46.2 Å². The van der Waals surface area contributed by atoms with Crippen LogP contribution in [0.15, 0.2) is 18.2 Å². The molecular formula is C13H16ClF6NO. The van der Waals surface area contributed by atoms with Crippen molar-refractivity contribution in [1.82, 2.24) is 0 Å². The molecule has 0 spiro atoms. The van der Waals surface area contributed by atoms with Crippen molar-refractivity contribution in [2.45, 2.75) is 38.3 Å². The molecule has 0 aliphatic heterocycles. The maximum atomic E-state index is 12.7. The molecule has 0 bridgehead atoms. The molecular weight excluding hydrogens is 336 g/mol. The molecule has 0 amide bonds. The fourth-order valence-corrected chi connectivity index (χ4v) is 1.78. The van der Waals surface area contributed by atoms with E-state index in [2.05, 4.69) is 0 Å². The van der Waals surface area contributed by atoms with E-state index < -0.39 is 47.1 Å². The molecule has 128 valence electrons. The van der Waals surface area contributed by atoms with Gasteiger partial charge in [-0.2, -0.15) is 26.3 Å². The summed E-state index contributed by atoms with van der Waals surface area (Å²) in [7, 11) is 0. The van der Waals surface area contributed by atoms with Crippen LogP contribution in [0.5, 0.6) is 0 Å². The molecule has 0 aliphatic rings. The van der Waals surface area contributed by atoms with Gasteiger partial charge in [-0.25, -0.2) is 0 Å². The fourth-order valence-electron chi connectivity index (χ4n) is 1.78. The predicted octanol–water partition coefficient (Wildman–Crippen LogP) is 4.16. The fraction of sp³-hybridized carbons (Fsp3) is 0.538. The van der Waals surface area contributed by atoms with Crippen molar-refractivity contribution in [2.75, 3.05) is 0 Å². The zero-order chi connectivity index (χ0) is 16.6. The van der Waals surface area contributed by atoms with Crippen LogP contribution in [0, 0.1) is 5.92 Å². The summed E-state index contributed by atoms with van der Waals surface area (Å²) in [6.45, 7) is 3.12. The first-order chi connectivity index (χ1) is 9.34. The quantitative estimate of drug-likeness (QED) is 0.803. The highest BCUT2D eigenvalue weighted by Gasteiger charge is 2.37. The number of aliphatic hydroxyl groups excluding tert-OH is 1. The van der Waals surface area contributed by atoms with Gasteiger partial charge in [-0.15, -0.1) is 12.4 Å². The van der Waals surface area contributed by atoms with Crippen LogP contribution in [0.2, 0.25) is 0 Å². The van der Waals surface area contributed by atoms with Gasteiger partial charge in [0.1, 0.15) is 0 Å². The van der Waals surface area contributed by atoms with E-state index in [9.17, 15) is 31.4 Å². The first kappa shape index (κ1) is 21.0. The maximum Gasteiger partial charge on any atom is 0.416 e. The van der Waals surface area contributed by atoms with Crippen molar-refractivity contribution in [1.29, 1.82) is 0 Å². The Morgan fingerprint density at radius 2 is 1.27 bits per heavy atom. The molecule has 1 rings (SSSR count). The van der Waals surface area contributed by atoms with Crippen LogP contribution < -0.4 is 5.73 Å². The minimum Gasteiger partial charge on any atom is -0.391 e. The van der Waals surface area contributed by atoms with Crippen molar-refractivity contribution < 1.29 is 31.4 Å². The largest absolute Gasteiger partial charge is 0.416 e. The predicted molar refractivity (Wildman–Crippen MR) is 71.5 cm³/mol. The third kappa shape index (κ3) is 5.03. The number of hydrogen-bond acceptors (Lipinski definition) is 2. The van der Waals surface area contributed by atoms with E-state index in [0.29, 0.717) is 12.1 Å². The van der Waals surface area contributed by atoms with E-state index >= 15 is 0 Å². The molecule has 0 unspecified atom stereocenters. The van der Waals surface area contributed by atoms with Crippen molar-refractivity contribution >= 4 is 12.4 Å². The number of nitrogens with two attached hydrogens (primary N) is 1. The lowest BCUT2D eigenvalue weighted by Gasteiger charge is -2.24. The van der Waals surface area contributed by atoms with Crippen molar-refractivity contribution in [3.8, 4) is 0 Å². The normalized spacial score (nSPS) is 15.4. The van der Waals surface area contributed by atoms with E-state index in [1.807, 2.05) is 0 Å². The number of hydrogen-bond donors (Lipinski definition) is 2. The van der Waals surface area contributed by atoms with E-state index in [-0.39, 0.29) is 18.5 Å². The molecule has 0 aromatic heterocycles. The Hall–Kier alpha value is -0.990. The second-order valence-corrected chi connectivity index (χ2v) is 5.10. The molecule has 0 radical (unpaired) electrons. The van der Waals surface area contributed by atoms with Crippen LogP contribution in [0.3, 0.4) is 0 Å². The van der Waals surface area contributed by atoms with Crippen LogP contribution in [0.4, 0.5) is 26.3 Å². The Balaban J connectivity index is 0.00000441. The average Bonchev–Trinajstić information content (AvgIpc) is 2.34. The third-order valence-electron chi connectivity index (χ3n) is 3.05. The number of rotatable bonds is 3. The van der Waals surface area contributed by atoms with Gasteiger partial charge in [0.25, 0.3) is 0 Å². The van der Waals surface area contributed by atoms with E-state index in [0.717, 1.165) is 0 Å². The van der Waals surface area contributed by atoms with Gasteiger partial charge in [-0.1, -0.05) is 13.8 Å². The summed E-state index contributed by atoms with van der Waals surface area (Å²) in [6, 6.07) is -0.247. The van der Waals surface area contributed by atoms with Gasteiger partial charge in [-0.3, -0.25) is 0 Å². The second kappa shape index (κ2) is 7.06. The van der Waals surface area contributed by atoms with Crippen LogP contribution in [0.1, 0.15) is 36.6 Å². The second-order valence-electron chi connectivity index (χ2n) is 5.10. The monoisotopic (exact) mass is 351 g/mol. The number of benzene rings is 1. The van der Waals surface area contributed by atoms with E-state index in [1.54, 1.807) is 13.8 Å². The summed E-state index contributed by atoms with van der Waals surface area (Å²) in [5.41, 5.74) is 2.28. The highest BCUT2D eigenvalue weighted by atomic mass is 35.5. The lowest BCUT2D eigenvalue weighted by Crippen LogP contribution is -2.31. The molecule has 2 atom stereocenters. The summed E-state index contributed by atoms with van der Waals surface area (Å²) >= 11 is 0. The average molecular weight is 352 g/mol. The summed E-state index contributed by atoms with van der Waals surface area (Å²) in [5.74, 6) is -0.413. The van der Waals surface area contributed by atoms with E-state index in [1.165, 1.54) is 0 Å². The Morgan fingerprint density at radius 1 is 0.909 bits per heavy atom. The standard InChI is InChI=1S/C13H15F6NO.ClH/c1-6(2)11(21)10(20)7-3-8(12(14,15)16)5-9(4-7)13(17,18)19;/h3-6,10-11,21H,20H2,1-2H3;1H/t10-,11+;/m0./s1. The van der Waals surface area contributed by atoms with Gasteiger partial charge in [0.2, 0.25) is 0 Å². The zero-order valence-electron chi connectivity index (χ0n) is 11.7. The third-order valence-corrected chi connectivity index (χ3v) is 3.05. The Labute approximate surface area is 129 Å². The maximum absolute atomic E-state index is 12.7. The summed E-state index contributed by atoms with van der Waals surface area (Å²) in [6.07, 6.45) is -11.1. The van der Waals surface area contributed by atoms with Crippen molar-refractivity contribution in [3.63, 3.8) is 0 Å². The lowest BCUT2D eigenvalue weighted by molar-refractivity contribution is -0.143. The number of alkyl halides is 6. The number of aliphatic hydroxyl groups is 1. The molecule has 9 heteroatoms. The smallest absolute Gasteiger partial charge is 0.391 e. The molecule has 0 saturated heterocycles. The molecule has 0 heterocycles. The Morgan fingerprint density at radius 3 is 1.55 bits per heavy atom. The molecule has 2 nitrogen and oxygen atoms in total. The van der Waals surface area contributed by atoms with Crippen LogP contribution in [0.25, 0.3) is 0 Å². The first-order valence-corrected chi connectivity index (χ1v) is 6.07.